The Morgan fingerprint density at radius 1 is 0.684 bits per heavy atom. The van der Waals surface area contributed by atoms with Crippen molar-refractivity contribution < 1.29 is 28.2 Å². The van der Waals surface area contributed by atoms with Crippen LogP contribution < -0.4 is 16.3 Å². The average molecular weight is 803 g/mol. The first-order valence-corrected chi connectivity index (χ1v) is 22.8. The van der Waals surface area contributed by atoms with E-state index in [1.165, 1.54) is 93.9 Å². The number of aromatic nitrogens is 2. The summed E-state index contributed by atoms with van der Waals surface area (Å²) in [6.45, 7) is 3.22. The van der Waals surface area contributed by atoms with Crippen LogP contribution in [0.25, 0.3) is 0 Å². The molecule has 312 valence electrons. The van der Waals surface area contributed by atoms with Gasteiger partial charge in [-0.25, -0.2) is 4.79 Å². The lowest BCUT2D eigenvalue weighted by Gasteiger charge is -2.37. The largest absolute Gasteiger partial charge is 0.777 e. The molecule has 0 amide bonds. The number of ether oxygens (including phenoxy) is 3. The number of hydrogen-bond donors (Lipinski definition) is 1. The molecule has 57 heavy (non-hydrogen) atoms. The molecule has 0 saturated heterocycles. The fraction of sp³-hybridized carbons (Fsp3) is 0.522. The van der Waals surface area contributed by atoms with Gasteiger partial charge >= 0.3 is 5.69 Å². The van der Waals surface area contributed by atoms with Crippen LogP contribution in [0.2, 0.25) is 0 Å². The van der Waals surface area contributed by atoms with Crippen molar-refractivity contribution in [3.63, 3.8) is 0 Å². The molecule has 4 aromatic rings. The molecule has 1 aromatic heterocycles. The maximum Gasteiger partial charge on any atom is 0.349 e. The summed E-state index contributed by atoms with van der Waals surface area (Å²) >= 11 is 0. The lowest BCUT2D eigenvalue weighted by atomic mass is 9.80. The Bertz CT molecular complexity index is 1650. The summed E-state index contributed by atoms with van der Waals surface area (Å²) in [4.78, 5) is 29.6. The second kappa shape index (κ2) is 26.4. The van der Waals surface area contributed by atoms with Crippen molar-refractivity contribution >= 4 is 13.4 Å². The van der Waals surface area contributed by atoms with Crippen LogP contribution in [-0.2, 0) is 35.4 Å². The van der Waals surface area contributed by atoms with Gasteiger partial charge in [0.15, 0.2) is 7.60 Å². The van der Waals surface area contributed by atoms with Gasteiger partial charge in [-0.1, -0.05) is 181 Å². The standard InChI is InChI=1S/C46H66N3O7P/c1-2-3-4-5-6-7-8-9-10-11-12-13-14-24-34-53-35-25-36-56-57(51,52)39-54-43(37-49-33-32-44(47)48-45(49)50)38-55-46(40-26-18-15-19-27-40,41-28-20-16-21-29-41)42-30-22-17-23-31-42/h15-23,26-33,43H,2-14,24-25,34-39H2,1H3,(H,51,52)(H2,47,48,50)/p-1/t43-/m0/s1. The van der Waals surface area contributed by atoms with Crippen molar-refractivity contribution in [2.24, 2.45) is 0 Å². The van der Waals surface area contributed by atoms with Gasteiger partial charge in [-0.3, -0.25) is 4.57 Å². The lowest BCUT2D eigenvalue weighted by molar-refractivity contribution is -0.206. The van der Waals surface area contributed by atoms with Gasteiger partial charge in [-0.2, -0.15) is 4.98 Å². The van der Waals surface area contributed by atoms with Gasteiger partial charge in [0.2, 0.25) is 0 Å². The van der Waals surface area contributed by atoms with E-state index in [1.54, 1.807) is 0 Å². The van der Waals surface area contributed by atoms with E-state index < -0.39 is 31.3 Å². The molecule has 0 aliphatic rings. The van der Waals surface area contributed by atoms with Crippen LogP contribution in [0, 0.1) is 0 Å². The lowest BCUT2D eigenvalue weighted by Crippen LogP contribution is -2.39. The molecule has 0 aliphatic heterocycles. The van der Waals surface area contributed by atoms with E-state index in [9.17, 15) is 14.3 Å². The number of nitrogens with zero attached hydrogens (tertiary/aromatic N) is 2. The first-order valence-electron chi connectivity index (χ1n) is 21.1. The maximum atomic E-state index is 13.0. The Balaban J connectivity index is 1.25. The van der Waals surface area contributed by atoms with Crippen molar-refractivity contribution in [2.45, 2.75) is 121 Å². The first-order chi connectivity index (χ1) is 27.8. The van der Waals surface area contributed by atoms with Crippen LogP contribution in [0.4, 0.5) is 5.82 Å². The highest BCUT2D eigenvalue weighted by Gasteiger charge is 2.38. The van der Waals surface area contributed by atoms with E-state index in [2.05, 4.69) is 11.9 Å². The van der Waals surface area contributed by atoms with Crippen molar-refractivity contribution in [1.29, 1.82) is 0 Å². The maximum absolute atomic E-state index is 13.0. The van der Waals surface area contributed by atoms with E-state index >= 15 is 0 Å². The molecule has 0 fully saturated rings. The SMILES string of the molecule is CCCCCCCCCCCCCCCCOCCCOP(=O)([O-])CO[C@H](COC(c1ccccc1)(c1ccccc1)c1ccccc1)Cn1ccc(N)nc1=O. The third-order valence-electron chi connectivity index (χ3n) is 10.2. The number of benzene rings is 3. The van der Waals surface area contributed by atoms with Crippen LogP contribution in [0.3, 0.4) is 0 Å². The highest BCUT2D eigenvalue weighted by atomic mass is 31.2. The molecule has 0 spiro atoms. The molecule has 2 N–H and O–H groups in total. The molecule has 0 bridgehead atoms. The van der Waals surface area contributed by atoms with Gasteiger partial charge < -0.3 is 33.9 Å². The Morgan fingerprint density at radius 3 is 1.65 bits per heavy atom. The van der Waals surface area contributed by atoms with Crippen LogP contribution in [0.5, 0.6) is 0 Å². The summed E-state index contributed by atoms with van der Waals surface area (Å²) in [7, 11) is -4.41. The van der Waals surface area contributed by atoms with Gasteiger partial charge in [0.25, 0.3) is 0 Å². The quantitative estimate of drug-likeness (QED) is 0.0300. The predicted octanol–water partition coefficient (Wildman–Crippen LogP) is 9.63. The molecule has 1 unspecified atom stereocenters. The highest BCUT2D eigenvalue weighted by molar-refractivity contribution is 7.51. The molecular formula is C46H65N3O7P-. The monoisotopic (exact) mass is 802 g/mol. The molecule has 10 nitrogen and oxygen atoms in total. The van der Waals surface area contributed by atoms with Crippen molar-refractivity contribution in [3.8, 4) is 0 Å². The highest BCUT2D eigenvalue weighted by Crippen LogP contribution is 2.41. The minimum Gasteiger partial charge on any atom is -0.777 e. The number of rotatable bonds is 31. The minimum atomic E-state index is -4.41. The first kappa shape index (κ1) is 46.1. The van der Waals surface area contributed by atoms with Crippen LogP contribution in [0.1, 0.15) is 120 Å². The zero-order valence-corrected chi connectivity index (χ0v) is 34.9. The Labute approximate surface area is 340 Å². The second-order valence-electron chi connectivity index (χ2n) is 14.8. The fourth-order valence-corrected chi connectivity index (χ4v) is 7.91. The molecule has 11 heteroatoms. The smallest absolute Gasteiger partial charge is 0.349 e. The topological polar surface area (TPSA) is 138 Å². The molecule has 0 radical (unpaired) electrons. The van der Waals surface area contributed by atoms with E-state index in [0.717, 1.165) is 29.5 Å². The summed E-state index contributed by atoms with van der Waals surface area (Å²) < 4.78 is 38.4. The number of anilines is 1. The van der Waals surface area contributed by atoms with Gasteiger partial charge in [0.1, 0.15) is 17.8 Å². The fourth-order valence-electron chi connectivity index (χ4n) is 7.04. The van der Waals surface area contributed by atoms with Gasteiger partial charge in [-0.05, 0) is 35.6 Å². The number of unbranched alkanes of at least 4 members (excludes halogenated alkanes) is 13. The minimum absolute atomic E-state index is 0.00941. The molecule has 3 aromatic carbocycles. The normalized spacial score (nSPS) is 13.4. The number of nitrogen functional groups attached to an aromatic ring is 1. The van der Waals surface area contributed by atoms with Crippen molar-refractivity contribution in [1.82, 2.24) is 9.55 Å². The van der Waals surface area contributed by atoms with Gasteiger partial charge in [-0.15, -0.1) is 0 Å². The average Bonchev–Trinajstić information content (AvgIpc) is 3.23. The van der Waals surface area contributed by atoms with Crippen molar-refractivity contribution in [3.05, 3.63) is 130 Å². The zero-order valence-electron chi connectivity index (χ0n) is 34.0. The second-order valence-corrected chi connectivity index (χ2v) is 16.5. The Kier molecular flexibility index (Phi) is 21.3. The Morgan fingerprint density at radius 2 is 1.16 bits per heavy atom. The predicted molar refractivity (Wildman–Crippen MR) is 227 cm³/mol. The molecule has 0 saturated carbocycles. The van der Waals surface area contributed by atoms with Gasteiger partial charge in [0.05, 0.1) is 25.9 Å². The summed E-state index contributed by atoms with van der Waals surface area (Å²) in [5, 5.41) is 0. The molecule has 2 atom stereocenters. The molecule has 4 rings (SSSR count). The number of nitrogens with two attached hydrogens (primary N) is 1. The molecule has 1 heterocycles. The van der Waals surface area contributed by atoms with Crippen LogP contribution in [0.15, 0.2) is 108 Å². The summed E-state index contributed by atoms with van der Waals surface area (Å²) in [5.41, 5.74) is 6.69. The van der Waals surface area contributed by atoms with Crippen LogP contribution in [-0.4, -0.2) is 48.4 Å². The van der Waals surface area contributed by atoms with E-state index in [0.29, 0.717) is 19.6 Å². The Hall–Kier alpha value is -3.63. The number of hydrogen-bond acceptors (Lipinski definition) is 9. The summed E-state index contributed by atoms with van der Waals surface area (Å²) in [6.07, 6.45) is 18.7. The zero-order chi connectivity index (χ0) is 40.4. The van der Waals surface area contributed by atoms with Crippen molar-refractivity contribution in [2.75, 3.05) is 38.5 Å². The summed E-state index contributed by atoms with van der Waals surface area (Å²) in [5.74, 6) is 0.0854. The van der Waals surface area contributed by atoms with E-state index in [4.69, 9.17) is 24.5 Å². The molecular weight excluding hydrogens is 737 g/mol. The van der Waals surface area contributed by atoms with Crippen LogP contribution >= 0.6 is 7.60 Å². The summed E-state index contributed by atoms with van der Waals surface area (Å²) in [6, 6.07) is 31.0. The van der Waals surface area contributed by atoms with E-state index in [-0.39, 0.29) is 25.6 Å². The third-order valence-corrected chi connectivity index (χ3v) is 11.2. The molecule has 0 aliphatic carbocycles. The van der Waals surface area contributed by atoms with E-state index in [1.807, 2.05) is 91.0 Å². The third kappa shape index (κ3) is 16.6. The van der Waals surface area contributed by atoms with Gasteiger partial charge in [0, 0.05) is 19.4 Å².